The second kappa shape index (κ2) is 5.09. The molecule has 1 aliphatic heterocycles. The first-order chi connectivity index (χ1) is 7.49. The van der Waals surface area contributed by atoms with Crippen LogP contribution in [-0.4, -0.2) is 13.1 Å². The molecule has 1 aromatic rings. The molecule has 1 aromatic carbocycles. The topological polar surface area (TPSA) is 25.2 Å². The lowest BCUT2D eigenvalue weighted by molar-refractivity contribution is 0.869. The van der Waals surface area contributed by atoms with Crippen LogP contribution in [0.15, 0.2) is 12.1 Å². The normalized spacial score (nSPS) is 12.3. The van der Waals surface area contributed by atoms with Crippen LogP contribution in [0.2, 0.25) is 0 Å². The van der Waals surface area contributed by atoms with E-state index in [2.05, 4.69) is 24.1 Å². The summed E-state index contributed by atoms with van der Waals surface area (Å²) in [7, 11) is 0. The van der Waals surface area contributed by atoms with Crippen molar-refractivity contribution in [3.63, 3.8) is 0 Å². The van der Waals surface area contributed by atoms with Crippen LogP contribution >= 0.6 is 34.8 Å². The fraction of sp³-hybridized carbons (Fsp3) is 0.455. The molecule has 0 radical (unpaired) electrons. The molecule has 1 N–H and O–H groups in total. The highest BCUT2D eigenvalue weighted by Crippen LogP contribution is 2.55. The van der Waals surface area contributed by atoms with Crippen molar-refractivity contribution in [2.75, 3.05) is 23.3 Å². The maximum Gasteiger partial charge on any atom is 0.218 e. The van der Waals surface area contributed by atoms with E-state index in [9.17, 15) is 0 Å². The maximum atomic E-state index is 5.87. The number of anilines is 3. The van der Waals surface area contributed by atoms with Crippen molar-refractivity contribution in [3.05, 3.63) is 17.7 Å². The molecule has 0 saturated heterocycles. The van der Waals surface area contributed by atoms with Crippen molar-refractivity contribution in [2.45, 2.75) is 17.6 Å². The Balaban J connectivity index is 0.00000144. The average Bonchev–Trinajstić information content (AvgIpc) is 2.97. The molecule has 0 atom stereocenters. The first-order valence-electron chi connectivity index (χ1n) is 5.25. The maximum absolute atomic E-state index is 5.87. The van der Waals surface area contributed by atoms with Gasteiger partial charge in [-0.3, -0.25) is 4.70 Å². The van der Waals surface area contributed by atoms with Crippen LogP contribution in [0.4, 0.5) is 21.8 Å². The highest BCUT2D eigenvalue weighted by atomic mass is 35.6. The number of fused-ring (bicyclic) bond motifs is 1. The van der Waals surface area contributed by atoms with E-state index in [1.54, 1.807) is 0 Å². The Kier molecular flexibility index (Phi) is 4.39. The van der Waals surface area contributed by atoms with Crippen LogP contribution in [0.3, 0.4) is 0 Å². The van der Waals surface area contributed by atoms with Crippen LogP contribution < -0.4 is 10.2 Å². The Morgan fingerprint density at radius 3 is 2.18 bits per heavy atom. The molecule has 0 amide bonds. The summed E-state index contributed by atoms with van der Waals surface area (Å²) in [6, 6.07) is 3.88. The zero-order valence-electron chi connectivity index (χ0n) is 9.56. The van der Waals surface area contributed by atoms with E-state index in [4.69, 9.17) is 34.8 Å². The molecule has 0 spiro atoms. The Morgan fingerprint density at radius 2 is 1.71 bits per heavy atom. The second-order valence-electron chi connectivity index (χ2n) is 3.68. The molecule has 0 aliphatic carbocycles. The zero-order chi connectivity index (χ0) is 11.9. The second-order valence-corrected chi connectivity index (χ2v) is 5.96. The molecular weight excluding hydrogens is 285 g/mol. The Bertz CT molecular complexity index is 414. The van der Waals surface area contributed by atoms with Gasteiger partial charge in [-0.15, -0.1) is 0 Å². The van der Waals surface area contributed by atoms with E-state index >= 15 is 0 Å². The first-order valence-corrected chi connectivity index (χ1v) is 6.38. The first kappa shape index (κ1) is 14.7. The van der Waals surface area contributed by atoms with Crippen molar-refractivity contribution >= 4 is 51.9 Å². The van der Waals surface area contributed by atoms with Gasteiger partial charge in [-0.25, -0.2) is 0 Å². The van der Waals surface area contributed by atoms with Crippen molar-refractivity contribution in [1.29, 1.82) is 0 Å². The molecular formula is C11H14Cl3FN2. The SMILES string of the molecule is CCN(CC)c1ccc(C(Cl)(Cl)Cl)c2c1N2.F. The predicted molar refractivity (Wildman–Crippen MR) is 75.0 cm³/mol. The van der Waals surface area contributed by atoms with Gasteiger partial charge in [0, 0.05) is 18.7 Å². The van der Waals surface area contributed by atoms with Gasteiger partial charge in [0.25, 0.3) is 0 Å². The van der Waals surface area contributed by atoms with Crippen LogP contribution in [0.1, 0.15) is 19.4 Å². The Hall–Kier alpha value is -0.380. The minimum Gasteiger partial charge on any atom is -0.370 e. The average molecular weight is 300 g/mol. The standard InChI is InChI=1S/C11H13Cl3N2.FH/c1-3-16(4-2)8-6-5-7(11(12,13)14)9-10(8)15-9;/h5-6,15H,3-4H2,1-2H3;1H. The fourth-order valence-electron chi connectivity index (χ4n) is 1.88. The third-order valence-electron chi connectivity index (χ3n) is 2.78. The quantitative estimate of drug-likeness (QED) is 0.663. The van der Waals surface area contributed by atoms with Crippen molar-refractivity contribution in [3.8, 4) is 0 Å². The van der Waals surface area contributed by atoms with Gasteiger partial charge in [0.15, 0.2) is 0 Å². The lowest BCUT2D eigenvalue weighted by Crippen LogP contribution is -2.21. The number of nitrogens with zero attached hydrogens (tertiary/aromatic N) is 1. The number of nitrogens with one attached hydrogen (secondary N) is 1. The van der Waals surface area contributed by atoms with Gasteiger partial charge < -0.3 is 10.2 Å². The summed E-state index contributed by atoms with van der Waals surface area (Å²) >= 11 is 17.6. The van der Waals surface area contributed by atoms with E-state index in [1.807, 2.05) is 12.1 Å². The lowest BCUT2D eigenvalue weighted by Gasteiger charge is -2.20. The molecule has 0 fully saturated rings. The van der Waals surface area contributed by atoms with Crippen LogP contribution in [0.25, 0.3) is 0 Å². The van der Waals surface area contributed by atoms with Crippen LogP contribution in [0.5, 0.6) is 0 Å². The zero-order valence-corrected chi connectivity index (χ0v) is 11.8. The van der Waals surface area contributed by atoms with Crippen molar-refractivity contribution in [2.24, 2.45) is 0 Å². The lowest BCUT2D eigenvalue weighted by atomic mass is 10.2. The van der Waals surface area contributed by atoms with Gasteiger partial charge in [-0.1, -0.05) is 40.9 Å². The number of rotatable bonds is 3. The molecule has 0 unspecified atom stereocenters. The van der Waals surface area contributed by atoms with E-state index in [1.165, 1.54) is 5.69 Å². The summed E-state index contributed by atoms with van der Waals surface area (Å²) < 4.78 is -1.35. The summed E-state index contributed by atoms with van der Waals surface area (Å²) in [5.74, 6) is 0. The molecule has 96 valence electrons. The summed E-state index contributed by atoms with van der Waals surface area (Å²) in [6.45, 7) is 6.19. The third kappa shape index (κ3) is 2.72. The van der Waals surface area contributed by atoms with Gasteiger partial charge >= 0.3 is 0 Å². The monoisotopic (exact) mass is 298 g/mol. The molecule has 0 aromatic heterocycles. The number of hydrogen-bond acceptors (Lipinski definition) is 2. The summed E-state index contributed by atoms with van der Waals surface area (Å²) in [6.07, 6.45) is 0. The molecule has 1 heterocycles. The van der Waals surface area contributed by atoms with E-state index in [-0.39, 0.29) is 4.70 Å². The summed E-state index contributed by atoms with van der Waals surface area (Å²) in [5.41, 5.74) is 3.96. The highest BCUT2D eigenvalue weighted by molar-refractivity contribution is 6.67. The van der Waals surface area contributed by atoms with Gasteiger partial charge in [0.05, 0.1) is 17.1 Å². The Labute approximate surface area is 115 Å². The van der Waals surface area contributed by atoms with Gasteiger partial charge in [-0.2, -0.15) is 0 Å². The number of benzene rings is 1. The molecule has 6 heteroatoms. The van der Waals surface area contributed by atoms with E-state index in [0.717, 1.165) is 30.0 Å². The van der Waals surface area contributed by atoms with Crippen LogP contribution in [-0.2, 0) is 3.79 Å². The minimum atomic E-state index is -1.35. The molecule has 0 saturated carbocycles. The molecule has 2 rings (SSSR count). The summed E-state index contributed by atoms with van der Waals surface area (Å²) in [5, 5.41) is 3.19. The molecule has 1 aliphatic rings. The van der Waals surface area contributed by atoms with Crippen molar-refractivity contribution in [1.82, 2.24) is 0 Å². The minimum absolute atomic E-state index is 0. The van der Waals surface area contributed by atoms with Gasteiger partial charge in [0.2, 0.25) is 3.79 Å². The van der Waals surface area contributed by atoms with E-state index < -0.39 is 3.79 Å². The smallest absolute Gasteiger partial charge is 0.218 e. The van der Waals surface area contributed by atoms with Crippen molar-refractivity contribution < 1.29 is 4.70 Å². The van der Waals surface area contributed by atoms with E-state index in [0.29, 0.717) is 0 Å². The molecule has 17 heavy (non-hydrogen) atoms. The number of hydrogen-bond donors (Lipinski definition) is 1. The summed E-state index contributed by atoms with van der Waals surface area (Å²) in [4.78, 5) is 2.26. The van der Waals surface area contributed by atoms with Gasteiger partial charge in [-0.05, 0) is 19.9 Å². The number of alkyl halides is 3. The highest BCUT2D eigenvalue weighted by Gasteiger charge is 2.35. The Morgan fingerprint density at radius 1 is 1.12 bits per heavy atom. The third-order valence-corrected chi connectivity index (χ3v) is 3.39. The fourth-order valence-corrected chi connectivity index (χ4v) is 2.35. The van der Waals surface area contributed by atoms with Gasteiger partial charge in [0.1, 0.15) is 0 Å². The largest absolute Gasteiger partial charge is 0.370 e. The predicted octanol–water partition coefficient (Wildman–Crippen LogP) is 4.57. The molecule has 2 nitrogen and oxygen atoms in total. The number of halogens is 4. The van der Waals surface area contributed by atoms with Crippen LogP contribution in [0, 0.1) is 0 Å². The molecule has 0 bridgehead atoms.